The molecule has 4 bridgehead atoms. The Morgan fingerprint density at radius 3 is 1.97 bits per heavy atom. The number of carbonyl (C=O) groups is 1. The zero-order valence-electron chi connectivity index (χ0n) is 20.2. The molecule has 3 atom stereocenters. The summed E-state index contributed by atoms with van der Waals surface area (Å²) in [6.07, 6.45) is 7.68. The van der Waals surface area contributed by atoms with Gasteiger partial charge >= 0.3 is 82.1 Å². The molecular weight excluding hydrogens is 537 g/mol. The Balaban J connectivity index is 0.000000177. The van der Waals surface area contributed by atoms with E-state index in [-0.39, 0.29) is 41.6 Å². The van der Waals surface area contributed by atoms with Crippen molar-refractivity contribution < 1.29 is 35.4 Å². The molecule has 171 valence electrons. The molecule has 5 aliphatic carbocycles. The number of hydrogen-bond donors (Lipinski definition) is 0. The molecule has 1 N–H and O–H groups in total. The maximum Gasteiger partial charge on any atom is 2.00 e. The maximum atomic E-state index is 14.3. The van der Waals surface area contributed by atoms with Gasteiger partial charge in [0.2, 0.25) is 0 Å². The van der Waals surface area contributed by atoms with Crippen molar-refractivity contribution in [3.8, 4) is 0 Å². The van der Waals surface area contributed by atoms with Crippen molar-refractivity contribution in [1.29, 1.82) is 0 Å². The SMILES string of the molecule is CC1=[C-]C(C)C(C)=C1C.[CH3][GeH][c]1ccccc1.[NH-]C(=O)C12CC3CC(CC(F)(C3)C1)C2.[Zr+2]. The van der Waals surface area contributed by atoms with Gasteiger partial charge in [0.1, 0.15) is 5.67 Å². The second-order valence-electron chi connectivity index (χ2n) is 10.2. The van der Waals surface area contributed by atoms with Gasteiger partial charge in [-0.25, -0.2) is 9.96 Å². The fraction of sp³-hybridized carbons (Fsp3) is 0.593. The van der Waals surface area contributed by atoms with Crippen LogP contribution in [0.25, 0.3) is 5.73 Å². The van der Waals surface area contributed by atoms with Crippen LogP contribution in [0.4, 0.5) is 4.39 Å². The first-order valence-corrected chi connectivity index (χ1v) is 15.3. The van der Waals surface area contributed by atoms with E-state index in [2.05, 4.69) is 69.9 Å². The summed E-state index contributed by atoms with van der Waals surface area (Å²) in [6.45, 7) is 8.67. The van der Waals surface area contributed by atoms with E-state index in [9.17, 15) is 9.18 Å². The molecule has 3 unspecified atom stereocenters. The Hall–Kier alpha value is -0.474. The summed E-state index contributed by atoms with van der Waals surface area (Å²) in [5, 5.41) is 0. The standard InChI is InChI=1S/C11H16FNO.C9H13.C7H9Ge.Zr/c12-11-4-7-1-8(5-11)3-10(2-7,6-11)9(13)14;1-6-5-7(2)9(4)8(6)3;1-8-7-5-3-2-4-6-7;/h7-8H,1-6H2,(H2,13,14);6H,1-4H3;2-6,8H,1H3;/q;-1;;+2/p-1. The van der Waals surface area contributed by atoms with Gasteiger partial charge in [-0.05, 0) is 50.4 Å². The second-order valence-corrected chi connectivity index (χ2v) is 12.8. The maximum absolute atomic E-state index is 14.3. The largest absolute Gasteiger partial charge is 2.00 e. The molecule has 0 aliphatic heterocycles. The van der Waals surface area contributed by atoms with E-state index in [1.807, 2.05) is 0 Å². The van der Waals surface area contributed by atoms with Gasteiger partial charge < -0.3 is 10.5 Å². The molecule has 0 saturated heterocycles. The quantitative estimate of drug-likeness (QED) is 0.298. The summed E-state index contributed by atoms with van der Waals surface area (Å²) in [6, 6.07) is 10.7. The van der Waals surface area contributed by atoms with Crippen LogP contribution in [-0.4, -0.2) is 27.0 Å². The van der Waals surface area contributed by atoms with E-state index in [1.165, 1.54) is 16.7 Å². The smallest absolute Gasteiger partial charge is 0.667 e. The van der Waals surface area contributed by atoms with Crippen LogP contribution in [-0.2, 0) is 31.0 Å². The van der Waals surface area contributed by atoms with Crippen molar-refractivity contribution in [2.45, 2.75) is 77.6 Å². The number of nitrogens with one attached hydrogen (secondary N) is 1. The van der Waals surface area contributed by atoms with Crippen molar-refractivity contribution in [3.63, 3.8) is 0 Å². The normalized spacial score (nSPS) is 33.9. The molecule has 1 amide bonds. The van der Waals surface area contributed by atoms with Crippen molar-refractivity contribution in [3.05, 3.63) is 58.9 Å². The van der Waals surface area contributed by atoms with Crippen LogP contribution in [0, 0.1) is 29.2 Å². The summed E-state index contributed by atoms with van der Waals surface area (Å²) in [4.78, 5) is 11.3. The van der Waals surface area contributed by atoms with Crippen LogP contribution < -0.4 is 4.40 Å². The predicted molar refractivity (Wildman–Crippen MR) is 129 cm³/mol. The van der Waals surface area contributed by atoms with Crippen molar-refractivity contribution in [2.75, 3.05) is 0 Å². The number of benzene rings is 1. The van der Waals surface area contributed by atoms with Crippen molar-refractivity contribution in [1.82, 2.24) is 0 Å². The van der Waals surface area contributed by atoms with Crippen molar-refractivity contribution >= 4 is 25.7 Å². The van der Waals surface area contributed by atoms with Gasteiger partial charge in [-0.2, -0.15) is 11.1 Å². The van der Waals surface area contributed by atoms with Crippen LogP contribution in [0.3, 0.4) is 0 Å². The molecule has 1 aromatic carbocycles. The molecular formula is C27H37FGeNOZr. The minimum absolute atomic E-state index is 0. The number of alkyl halides is 1. The molecule has 0 aromatic heterocycles. The van der Waals surface area contributed by atoms with Crippen LogP contribution in [0.1, 0.15) is 66.2 Å². The summed E-state index contributed by atoms with van der Waals surface area (Å²) in [7, 11) is 0. The predicted octanol–water partition coefficient (Wildman–Crippen LogP) is 6.39. The van der Waals surface area contributed by atoms with E-state index in [1.54, 1.807) is 4.40 Å². The number of halogens is 1. The number of hydrogen-bond acceptors (Lipinski definition) is 1. The van der Waals surface area contributed by atoms with Gasteiger partial charge in [0.15, 0.2) is 0 Å². The second kappa shape index (κ2) is 11.3. The topological polar surface area (TPSA) is 40.9 Å². The molecule has 1 aromatic rings. The summed E-state index contributed by atoms with van der Waals surface area (Å²) >= 11 is -0.0398. The fourth-order valence-electron chi connectivity index (χ4n) is 6.22. The average molecular weight is 574 g/mol. The van der Waals surface area contributed by atoms with Gasteiger partial charge in [-0.1, -0.05) is 26.7 Å². The van der Waals surface area contributed by atoms with Crippen LogP contribution >= 0.6 is 0 Å². The Kier molecular flexibility index (Phi) is 9.81. The van der Waals surface area contributed by atoms with Crippen LogP contribution in [0.2, 0.25) is 5.76 Å². The molecule has 2 nitrogen and oxygen atoms in total. The molecule has 32 heavy (non-hydrogen) atoms. The van der Waals surface area contributed by atoms with Gasteiger partial charge in [0.25, 0.3) is 0 Å². The first kappa shape index (κ1) is 27.8. The van der Waals surface area contributed by atoms with E-state index in [0.29, 0.717) is 37.0 Å². The molecule has 4 saturated carbocycles. The van der Waals surface area contributed by atoms with E-state index in [4.69, 9.17) is 5.73 Å². The van der Waals surface area contributed by atoms with Crippen LogP contribution in [0.5, 0.6) is 0 Å². The molecule has 0 spiro atoms. The third-order valence-electron chi connectivity index (χ3n) is 7.84. The number of allylic oxidation sites excluding steroid dienone is 4. The molecule has 6 rings (SSSR count). The number of carbonyl (C=O) groups excluding carboxylic acids is 1. The van der Waals surface area contributed by atoms with E-state index >= 15 is 0 Å². The third-order valence-corrected chi connectivity index (χ3v) is 10.0. The molecule has 4 fully saturated rings. The average Bonchev–Trinajstić information content (AvgIpc) is 2.93. The zero-order valence-corrected chi connectivity index (χ0v) is 25.1. The third kappa shape index (κ3) is 6.35. The summed E-state index contributed by atoms with van der Waals surface area (Å²) in [5.41, 5.74) is 9.90. The Morgan fingerprint density at radius 1 is 1.09 bits per heavy atom. The molecule has 1 radical (unpaired) electrons. The molecule has 0 heterocycles. The van der Waals surface area contributed by atoms with Gasteiger partial charge in [-0.3, -0.25) is 6.08 Å². The van der Waals surface area contributed by atoms with Gasteiger partial charge in [-0.15, -0.1) is 6.92 Å². The molecule has 5 aliphatic rings. The first-order valence-electron chi connectivity index (χ1n) is 11.6. The Morgan fingerprint density at radius 2 is 1.66 bits per heavy atom. The fourth-order valence-corrected chi connectivity index (χ4v) is 7.50. The number of rotatable bonds is 2. The van der Waals surface area contributed by atoms with Crippen molar-refractivity contribution in [2.24, 2.45) is 23.2 Å². The monoisotopic (exact) mass is 574 g/mol. The Bertz CT molecular complexity index is 852. The zero-order chi connectivity index (χ0) is 22.8. The minimum atomic E-state index is -1.10. The molecule has 5 heteroatoms. The summed E-state index contributed by atoms with van der Waals surface area (Å²) in [5.74, 6) is 3.14. The minimum Gasteiger partial charge on any atom is -0.667 e. The number of amides is 1. The van der Waals surface area contributed by atoms with E-state index < -0.39 is 17.0 Å². The first-order chi connectivity index (χ1) is 14.6. The summed E-state index contributed by atoms with van der Waals surface area (Å²) < 4.78 is 15.8. The van der Waals surface area contributed by atoms with E-state index in [0.717, 1.165) is 19.3 Å². The van der Waals surface area contributed by atoms with Gasteiger partial charge in [0.05, 0.1) is 5.91 Å². The van der Waals surface area contributed by atoms with Crippen LogP contribution in [0.15, 0.2) is 47.1 Å². The van der Waals surface area contributed by atoms with Gasteiger partial charge in [0, 0.05) is 5.41 Å². The Labute approximate surface area is 219 Å².